The summed E-state index contributed by atoms with van der Waals surface area (Å²) in [6, 6.07) is 23.6. The lowest BCUT2D eigenvalue weighted by atomic mass is 10.1. The molecule has 1 amide bonds. The summed E-state index contributed by atoms with van der Waals surface area (Å²) in [5.74, 6) is 1.31. The molecule has 1 atom stereocenters. The SMILES string of the molecule is COc1cccc(NC(=O)[C@H](Oc2ccc(-c3nnco3)cc2)c2ccccc2)c1. The van der Waals surface area contributed by atoms with Crippen LogP contribution in [0.15, 0.2) is 89.7 Å². The van der Waals surface area contributed by atoms with Gasteiger partial charge in [-0.15, -0.1) is 10.2 Å². The highest BCUT2D eigenvalue weighted by Gasteiger charge is 2.23. The number of amides is 1. The predicted octanol–water partition coefficient (Wildman–Crippen LogP) is 4.50. The van der Waals surface area contributed by atoms with Crippen LogP contribution >= 0.6 is 0 Å². The second-order valence-electron chi connectivity index (χ2n) is 6.40. The first kappa shape index (κ1) is 19.2. The molecule has 0 aliphatic rings. The number of ether oxygens (including phenoxy) is 2. The van der Waals surface area contributed by atoms with Crippen LogP contribution in [0.25, 0.3) is 11.5 Å². The van der Waals surface area contributed by atoms with Gasteiger partial charge in [-0.3, -0.25) is 4.79 Å². The largest absolute Gasteiger partial charge is 0.497 e. The number of rotatable bonds is 7. The highest BCUT2D eigenvalue weighted by Crippen LogP contribution is 2.27. The molecule has 0 unspecified atom stereocenters. The highest BCUT2D eigenvalue weighted by atomic mass is 16.5. The summed E-state index contributed by atoms with van der Waals surface area (Å²) in [5, 5.41) is 10.4. The molecular formula is C23H19N3O4. The zero-order chi connectivity index (χ0) is 20.8. The van der Waals surface area contributed by atoms with Gasteiger partial charge >= 0.3 is 0 Å². The normalized spacial score (nSPS) is 11.5. The Hall–Kier alpha value is -4.13. The van der Waals surface area contributed by atoms with Gasteiger partial charge in [0.25, 0.3) is 5.91 Å². The lowest BCUT2D eigenvalue weighted by Gasteiger charge is -2.19. The molecule has 30 heavy (non-hydrogen) atoms. The topological polar surface area (TPSA) is 86.5 Å². The van der Waals surface area contributed by atoms with Crippen molar-refractivity contribution in [2.45, 2.75) is 6.10 Å². The number of aromatic nitrogens is 2. The zero-order valence-corrected chi connectivity index (χ0v) is 16.2. The second kappa shape index (κ2) is 8.91. The number of carbonyl (C=O) groups is 1. The molecule has 0 bridgehead atoms. The number of methoxy groups -OCH3 is 1. The number of carbonyl (C=O) groups excluding carboxylic acids is 1. The summed E-state index contributed by atoms with van der Waals surface area (Å²) >= 11 is 0. The van der Waals surface area contributed by atoms with Crippen LogP contribution in [0.2, 0.25) is 0 Å². The van der Waals surface area contributed by atoms with E-state index in [-0.39, 0.29) is 5.91 Å². The van der Waals surface area contributed by atoms with Gasteiger partial charge in [-0.2, -0.15) is 0 Å². The van der Waals surface area contributed by atoms with Gasteiger partial charge in [0.2, 0.25) is 18.4 Å². The molecule has 1 aromatic heterocycles. The van der Waals surface area contributed by atoms with E-state index in [4.69, 9.17) is 13.9 Å². The molecule has 0 saturated carbocycles. The van der Waals surface area contributed by atoms with E-state index in [0.29, 0.717) is 23.1 Å². The van der Waals surface area contributed by atoms with E-state index in [0.717, 1.165) is 11.1 Å². The Bertz CT molecular complexity index is 1100. The van der Waals surface area contributed by atoms with Crippen molar-refractivity contribution >= 4 is 11.6 Å². The third kappa shape index (κ3) is 4.47. The number of nitrogens with zero attached hydrogens (tertiary/aromatic N) is 2. The summed E-state index contributed by atoms with van der Waals surface area (Å²) < 4.78 is 16.5. The van der Waals surface area contributed by atoms with E-state index < -0.39 is 6.10 Å². The van der Waals surface area contributed by atoms with Crippen LogP contribution in [0.1, 0.15) is 11.7 Å². The summed E-state index contributed by atoms with van der Waals surface area (Å²) in [4.78, 5) is 13.1. The van der Waals surface area contributed by atoms with Gasteiger partial charge < -0.3 is 19.2 Å². The predicted molar refractivity (Wildman–Crippen MR) is 111 cm³/mol. The summed E-state index contributed by atoms with van der Waals surface area (Å²) in [6.07, 6.45) is 0.431. The maximum absolute atomic E-state index is 13.1. The van der Waals surface area contributed by atoms with E-state index in [9.17, 15) is 4.79 Å². The molecule has 1 N–H and O–H groups in total. The van der Waals surface area contributed by atoms with E-state index >= 15 is 0 Å². The fraction of sp³-hybridized carbons (Fsp3) is 0.0870. The minimum atomic E-state index is -0.841. The standard InChI is InChI=1S/C23H19N3O4/c1-28-20-9-5-8-18(14-20)25-22(27)21(16-6-3-2-4-7-16)30-19-12-10-17(11-13-19)23-26-24-15-29-23/h2-15,21H,1H3,(H,25,27)/t21-/m1/s1. The van der Waals surface area contributed by atoms with Gasteiger partial charge in [0.15, 0.2) is 0 Å². The Morgan fingerprint density at radius 1 is 0.967 bits per heavy atom. The maximum atomic E-state index is 13.1. The van der Waals surface area contributed by atoms with E-state index in [1.807, 2.05) is 42.5 Å². The highest BCUT2D eigenvalue weighted by molar-refractivity contribution is 5.95. The maximum Gasteiger partial charge on any atom is 0.270 e. The van der Waals surface area contributed by atoms with Crippen molar-refractivity contribution in [3.8, 4) is 23.0 Å². The van der Waals surface area contributed by atoms with Crippen LogP contribution in [0.5, 0.6) is 11.5 Å². The number of nitrogens with one attached hydrogen (secondary N) is 1. The second-order valence-corrected chi connectivity index (χ2v) is 6.40. The molecule has 7 nitrogen and oxygen atoms in total. The molecule has 0 spiro atoms. The first-order valence-corrected chi connectivity index (χ1v) is 9.26. The van der Waals surface area contributed by atoms with Crippen LogP contribution in [0.3, 0.4) is 0 Å². The Kier molecular flexibility index (Phi) is 5.70. The Morgan fingerprint density at radius 3 is 2.47 bits per heavy atom. The molecule has 150 valence electrons. The lowest BCUT2D eigenvalue weighted by molar-refractivity contribution is -0.123. The van der Waals surface area contributed by atoms with Gasteiger partial charge in [0.1, 0.15) is 11.5 Å². The average molecular weight is 401 g/mol. The number of hydrogen-bond donors (Lipinski definition) is 1. The minimum absolute atomic E-state index is 0.296. The van der Waals surface area contributed by atoms with Crippen LogP contribution in [-0.2, 0) is 4.79 Å². The average Bonchev–Trinajstić information content (AvgIpc) is 3.33. The molecule has 0 aliphatic heterocycles. The molecule has 7 heteroatoms. The van der Waals surface area contributed by atoms with E-state index in [1.165, 1.54) is 6.39 Å². The molecule has 4 rings (SSSR count). The third-order valence-electron chi connectivity index (χ3n) is 4.39. The summed E-state index contributed by atoms with van der Waals surface area (Å²) in [7, 11) is 1.58. The first-order valence-electron chi connectivity index (χ1n) is 9.26. The molecule has 3 aromatic carbocycles. The van der Waals surface area contributed by atoms with Crippen molar-refractivity contribution in [3.63, 3.8) is 0 Å². The molecule has 0 fully saturated rings. The molecule has 0 aliphatic carbocycles. The van der Waals surface area contributed by atoms with Crippen LogP contribution in [0.4, 0.5) is 5.69 Å². The summed E-state index contributed by atoms with van der Waals surface area (Å²) in [6.45, 7) is 0. The third-order valence-corrected chi connectivity index (χ3v) is 4.39. The van der Waals surface area contributed by atoms with Gasteiger partial charge in [0.05, 0.1) is 7.11 Å². The van der Waals surface area contributed by atoms with Gasteiger partial charge in [0, 0.05) is 22.9 Å². The molecule has 1 heterocycles. The fourth-order valence-electron chi connectivity index (χ4n) is 2.92. The van der Waals surface area contributed by atoms with Crippen molar-refractivity contribution in [3.05, 3.63) is 90.8 Å². The first-order chi connectivity index (χ1) is 14.7. The van der Waals surface area contributed by atoms with Crippen LogP contribution in [0, 0.1) is 0 Å². The lowest BCUT2D eigenvalue weighted by Crippen LogP contribution is -2.25. The molecule has 0 saturated heterocycles. The smallest absolute Gasteiger partial charge is 0.270 e. The van der Waals surface area contributed by atoms with Gasteiger partial charge in [-0.05, 0) is 36.4 Å². The monoisotopic (exact) mass is 401 g/mol. The van der Waals surface area contributed by atoms with Crippen molar-refractivity contribution in [2.24, 2.45) is 0 Å². The minimum Gasteiger partial charge on any atom is -0.497 e. The molecule has 4 aromatic rings. The van der Waals surface area contributed by atoms with Crippen LogP contribution in [-0.4, -0.2) is 23.2 Å². The summed E-state index contributed by atoms with van der Waals surface area (Å²) in [5.41, 5.74) is 2.12. The van der Waals surface area contributed by atoms with Crippen molar-refractivity contribution in [1.29, 1.82) is 0 Å². The van der Waals surface area contributed by atoms with Crippen molar-refractivity contribution in [2.75, 3.05) is 12.4 Å². The molecule has 0 radical (unpaired) electrons. The Morgan fingerprint density at radius 2 is 1.77 bits per heavy atom. The van der Waals surface area contributed by atoms with E-state index in [2.05, 4.69) is 15.5 Å². The zero-order valence-electron chi connectivity index (χ0n) is 16.2. The quantitative estimate of drug-likeness (QED) is 0.491. The number of hydrogen-bond acceptors (Lipinski definition) is 6. The fourth-order valence-corrected chi connectivity index (χ4v) is 2.92. The van der Waals surface area contributed by atoms with Crippen molar-refractivity contribution < 1.29 is 18.7 Å². The Balaban J connectivity index is 1.56. The van der Waals surface area contributed by atoms with Crippen molar-refractivity contribution in [1.82, 2.24) is 10.2 Å². The number of benzene rings is 3. The van der Waals surface area contributed by atoms with E-state index in [1.54, 1.807) is 43.5 Å². The van der Waals surface area contributed by atoms with Crippen LogP contribution < -0.4 is 14.8 Å². The van der Waals surface area contributed by atoms with Gasteiger partial charge in [-0.25, -0.2) is 0 Å². The van der Waals surface area contributed by atoms with Gasteiger partial charge in [-0.1, -0.05) is 36.4 Å². The Labute approximate surface area is 173 Å². The molecular weight excluding hydrogens is 382 g/mol. The number of anilines is 1.